The van der Waals surface area contributed by atoms with E-state index in [1.165, 1.54) is 0 Å². The molecule has 0 aromatic rings. The first-order chi connectivity index (χ1) is 6.51. The highest BCUT2D eigenvalue weighted by molar-refractivity contribution is 7.98. The molecule has 0 aromatic carbocycles. The summed E-state index contributed by atoms with van der Waals surface area (Å²) in [5.41, 5.74) is 0. The lowest BCUT2D eigenvalue weighted by molar-refractivity contribution is -0.138. The molecular weight excluding hydrogens is 202 g/mol. The third-order valence-electron chi connectivity index (χ3n) is 0.904. The van der Waals surface area contributed by atoms with Crippen molar-refractivity contribution in [2.75, 3.05) is 18.2 Å². The second kappa shape index (κ2) is 4.68. The highest BCUT2D eigenvalue weighted by Crippen LogP contribution is 1.98. The van der Waals surface area contributed by atoms with Crippen LogP contribution in [0.15, 0.2) is 0 Å². The Morgan fingerprint density at radius 2 is 2.42 bits per heavy atom. The quantitative estimate of drug-likeness (QED) is 0.638. The molecule has 0 aliphatic rings. The Morgan fingerprint density at radius 1 is 1.83 bits per heavy atom. The minimum atomic E-state index is -3.66. The average molecular weight is 216 g/mol. The molecule has 0 heterocycles. The minimum absolute atomic E-state index is 0.348. The molecule has 0 spiro atoms. The van der Waals surface area contributed by atoms with E-state index < -0.39 is 28.2 Å². The Balaban J connectivity index is 4.38. The fraction of sp³-hybridized carbons (Fsp3) is 0.800. The topological polar surface area (TPSA) is 83.5 Å². The predicted octanol–water partition coefficient (Wildman–Crippen LogP) is -0.648. The normalized spacial score (nSPS) is 18.9. The number of hydrogen-bond acceptors (Lipinski definition) is 4. The minimum Gasteiger partial charge on any atom is -0.480 e. The van der Waals surface area contributed by atoms with Crippen LogP contribution in [-0.4, -0.2) is 43.7 Å². The molecule has 2 N–H and O–H groups in total. The Morgan fingerprint density at radius 3 is 2.75 bits per heavy atom. The van der Waals surface area contributed by atoms with E-state index in [1.807, 2.05) is 4.72 Å². The maximum Gasteiger partial charge on any atom is 0.322 e. The van der Waals surface area contributed by atoms with E-state index in [1.54, 1.807) is 0 Å². The summed E-state index contributed by atoms with van der Waals surface area (Å²) in [4.78, 5) is 10.6. The van der Waals surface area contributed by atoms with Gasteiger partial charge in [0.25, 0.3) is 0 Å². The van der Waals surface area contributed by atoms with Gasteiger partial charge in [0.05, 0.1) is 6.26 Å². The maximum absolute atomic E-state index is 10.7. The summed E-state index contributed by atoms with van der Waals surface area (Å²) in [5.74, 6) is -1.75. The smallest absolute Gasteiger partial charge is 0.322 e. The van der Waals surface area contributed by atoms with Crippen LogP contribution < -0.4 is 4.72 Å². The first kappa shape index (κ1) is 7.16. The highest BCUT2D eigenvalue weighted by Gasteiger charge is 2.20. The van der Waals surface area contributed by atoms with E-state index in [2.05, 4.69) is 0 Å². The molecular formula is C5H11NO4S2. The molecule has 72 valence electrons. The van der Waals surface area contributed by atoms with Crippen molar-refractivity contribution in [1.29, 1.82) is 0 Å². The van der Waals surface area contributed by atoms with Crippen LogP contribution in [0.5, 0.6) is 0 Å². The van der Waals surface area contributed by atoms with E-state index in [9.17, 15) is 13.2 Å². The van der Waals surface area contributed by atoms with Gasteiger partial charge in [0.15, 0.2) is 0 Å². The van der Waals surface area contributed by atoms with Gasteiger partial charge in [0, 0.05) is 9.87 Å². The van der Waals surface area contributed by atoms with Crippen LogP contribution in [0.4, 0.5) is 0 Å². The van der Waals surface area contributed by atoms with Crippen LogP contribution in [0.1, 0.15) is 4.11 Å². The van der Waals surface area contributed by atoms with Gasteiger partial charge in [-0.1, -0.05) is 0 Å². The zero-order chi connectivity index (χ0) is 12.3. The number of rotatable bonds is 5. The summed E-state index contributed by atoms with van der Waals surface area (Å²) in [6.45, 7) is 0. The highest BCUT2D eigenvalue weighted by atomic mass is 32.2. The van der Waals surface area contributed by atoms with Crippen molar-refractivity contribution < 1.29 is 22.4 Å². The van der Waals surface area contributed by atoms with Crippen molar-refractivity contribution >= 4 is 27.8 Å². The molecule has 0 aliphatic carbocycles. The zero-order valence-corrected chi connectivity index (χ0v) is 7.91. The second-order valence-electron chi connectivity index (χ2n) is 2.09. The molecule has 0 aliphatic heterocycles. The first-order valence-electron chi connectivity index (χ1n) is 4.35. The fourth-order valence-corrected chi connectivity index (χ4v) is 1.70. The fourth-order valence-electron chi connectivity index (χ4n) is 0.497. The van der Waals surface area contributed by atoms with Crippen molar-refractivity contribution in [2.45, 2.75) is 6.04 Å². The molecule has 12 heavy (non-hydrogen) atoms. The third kappa shape index (κ3) is 5.39. The molecule has 0 amide bonds. The van der Waals surface area contributed by atoms with Gasteiger partial charge in [-0.15, -0.1) is 0 Å². The maximum atomic E-state index is 10.7. The van der Waals surface area contributed by atoms with Gasteiger partial charge < -0.3 is 5.11 Å². The van der Waals surface area contributed by atoms with Gasteiger partial charge in [-0.3, -0.25) is 4.79 Å². The predicted molar refractivity (Wildman–Crippen MR) is 47.8 cm³/mol. The van der Waals surface area contributed by atoms with Crippen molar-refractivity contribution in [2.24, 2.45) is 0 Å². The second-order valence-corrected chi connectivity index (χ2v) is 4.49. The number of carboxylic acid groups (broad SMARTS) is 1. The van der Waals surface area contributed by atoms with Gasteiger partial charge in [0.1, 0.15) is 6.04 Å². The molecule has 0 bridgehead atoms. The number of nitrogens with one attached hydrogen (secondary N) is 1. The first-order valence-corrected chi connectivity index (χ1v) is 5.73. The molecule has 0 unspecified atom stereocenters. The lowest BCUT2D eigenvalue weighted by atomic mass is 10.4. The van der Waals surface area contributed by atoms with E-state index >= 15 is 0 Å². The van der Waals surface area contributed by atoms with Crippen molar-refractivity contribution in [1.82, 2.24) is 4.72 Å². The molecule has 0 saturated heterocycles. The number of thioether (sulfide) groups is 1. The summed E-state index contributed by atoms with van der Waals surface area (Å²) in [6, 6.07) is -1.43. The summed E-state index contributed by atoms with van der Waals surface area (Å²) in [7, 11) is -3.66. The van der Waals surface area contributed by atoms with Gasteiger partial charge in [-0.2, -0.15) is 11.8 Å². The van der Waals surface area contributed by atoms with Gasteiger partial charge in [-0.25, -0.2) is 13.1 Å². The lowest BCUT2D eigenvalue weighted by Gasteiger charge is -2.10. The van der Waals surface area contributed by atoms with Gasteiger partial charge in [0.2, 0.25) is 10.0 Å². The van der Waals surface area contributed by atoms with Crippen molar-refractivity contribution in [3.05, 3.63) is 0 Å². The standard InChI is InChI=1S/C5H11NO4S2/c1-11-3-4(5(7)8)6-12(2,9)10/h4,6H,3H2,1-2H3,(H,7,8)/t4-/m0/s1/i1D3. The van der Waals surface area contributed by atoms with Gasteiger partial charge in [-0.05, 0) is 6.18 Å². The lowest BCUT2D eigenvalue weighted by Crippen LogP contribution is -2.41. The SMILES string of the molecule is [2H]C([2H])([2H])SC[C@H](NS(C)(=O)=O)C(=O)O. The zero-order valence-electron chi connectivity index (χ0n) is 9.27. The Bertz CT molecular complexity index is 326. The Hall–Kier alpha value is -0.270. The van der Waals surface area contributed by atoms with Crippen LogP contribution in [0.3, 0.4) is 0 Å². The third-order valence-corrected chi connectivity index (χ3v) is 2.12. The molecule has 0 rings (SSSR count). The van der Waals surface area contributed by atoms with E-state index in [0.717, 1.165) is 6.26 Å². The molecule has 0 aromatic heterocycles. The van der Waals surface area contributed by atoms with Crippen molar-refractivity contribution in [3.8, 4) is 0 Å². The van der Waals surface area contributed by atoms with Crippen molar-refractivity contribution in [3.63, 3.8) is 0 Å². The van der Waals surface area contributed by atoms with E-state index in [0.29, 0.717) is 11.8 Å². The number of carboxylic acids is 1. The van der Waals surface area contributed by atoms with E-state index in [-0.39, 0.29) is 5.75 Å². The molecule has 0 radical (unpaired) electrons. The summed E-state index contributed by atoms with van der Waals surface area (Å²) in [5, 5.41) is 8.61. The largest absolute Gasteiger partial charge is 0.480 e. The average Bonchev–Trinajstić information content (AvgIpc) is 1.93. The van der Waals surface area contributed by atoms with Gasteiger partial charge >= 0.3 is 5.97 Å². The molecule has 0 fully saturated rings. The molecule has 7 heteroatoms. The summed E-state index contributed by atoms with van der Waals surface area (Å²) in [6.07, 6.45) is -1.53. The molecule has 0 saturated carbocycles. The number of carbonyl (C=O) groups is 1. The Labute approximate surface area is 79.8 Å². The van der Waals surface area contributed by atoms with E-state index in [4.69, 9.17) is 9.22 Å². The van der Waals surface area contributed by atoms with Crippen LogP contribution in [0, 0.1) is 0 Å². The summed E-state index contributed by atoms with van der Waals surface area (Å²) >= 11 is 0.403. The number of sulfonamides is 1. The van der Waals surface area contributed by atoms with Crippen LogP contribution in [0.25, 0.3) is 0 Å². The number of hydrogen-bond donors (Lipinski definition) is 2. The molecule has 5 nitrogen and oxygen atoms in total. The number of aliphatic carboxylic acids is 1. The Kier molecular flexibility index (Phi) is 2.80. The van der Waals surface area contributed by atoms with Crippen LogP contribution in [0.2, 0.25) is 0 Å². The summed E-state index contributed by atoms with van der Waals surface area (Å²) < 4.78 is 43.8. The van der Waals surface area contributed by atoms with Crippen LogP contribution >= 0.6 is 11.8 Å². The van der Waals surface area contributed by atoms with Crippen LogP contribution in [-0.2, 0) is 14.8 Å². The molecule has 1 atom stereocenters. The monoisotopic (exact) mass is 216 g/mol.